The van der Waals surface area contributed by atoms with Gasteiger partial charge in [0.05, 0.1) is 4.90 Å². The van der Waals surface area contributed by atoms with Crippen molar-refractivity contribution < 1.29 is 8.42 Å². The first kappa shape index (κ1) is 19.0. The number of nitrogens with zero attached hydrogens (tertiary/aromatic N) is 1. The minimum absolute atomic E-state index is 0.0508. The second kappa shape index (κ2) is 7.97. The second-order valence-electron chi connectivity index (χ2n) is 5.08. The molecule has 0 spiro atoms. The highest BCUT2D eigenvalue weighted by Crippen LogP contribution is 2.30. The van der Waals surface area contributed by atoms with Crippen LogP contribution in [0.2, 0.25) is 0 Å². The Morgan fingerprint density at radius 3 is 2.57 bits per heavy atom. The van der Waals surface area contributed by atoms with Crippen molar-refractivity contribution in [1.82, 2.24) is 9.62 Å². The van der Waals surface area contributed by atoms with Gasteiger partial charge in [-0.2, -0.15) is 16.1 Å². The van der Waals surface area contributed by atoms with Crippen molar-refractivity contribution >= 4 is 37.7 Å². The number of nitrogens with one attached hydrogen (secondary N) is 1. The summed E-state index contributed by atoms with van der Waals surface area (Å²) >= 11 is 5.07. The van der Waals surface area contributed by atoms with Crippen LogP contribution in [-0.4, -0.2) is 44.9 Å². The third-order valence-electron chi connectivity index (χ3n) is 3.35. The minimum Gasteiger partial charge on any atom is -0.316 e. The summed E-state index contributed by atoms with van der Waals surface area (Å²) < 4.78 is 27.8. The SMILES string of the molecule is CNCc1cc(C)c(Br)c(S(=O)(=O)N(C)C(C)CSC)c1. The van der Waals surface area contributed by atoms with Crippen LogP contribution in [0.5, 0.6) is 0 Å². The zero-order chi connectivity index (χ0) is 16.2. The summed E-state index contributed by atoms with van der Waals surface area (Å²) in [7, 11) is -0.0220. The predicted molar refractivity (Wildman–Crippen MR) is 94.4 cm³/mol. The number of halogens is 1. The van der Waals surface area contributed by atoms with Crippen LogP contribution < -0.4 is 5.32 Å². The lowest BCUT2D eigenvalue weighted by Gasteiger charge is -2.25. The predicted octanol–water partition coefficient (Wildman–Crippen LogP) is 2.85. The van der Waals surface area contributed by atoms with Crippen LogP contribution in [0.3, 0.4) is 0 Å². The highest BCUT2D eigenvalue weighted by molar-refractivity contribution is 9.10. The number of thioether (sulfide) groups is 1. The van der Waals surface area contributed by atoms with Gasteiger partial charge in [0, 0.05) is 29.9 Å². The van der Waals surface area contributed by atoms with Crippen molar-refractivity contribution in [1.29, 1.82) is 0 Å². The maximum atomic E-state index is 12.8. The smallest absolute Gasteiger partial charge is 0.244 e. The van der Waals surface area contributed by atoms with Gasteiger partial charge in [0.15, 0.2) is 0 Å². The van der Waals surface area contributed by atoms with E-state index >= 15 is 0 Å². The average Bonchev–Trinajstić information content (AvgIpc) is 2.42. The van der Waals surface area contributed by atoms with Crippen LogP contribution in [0.4, 0.5) is 0 Å². The zero-order valence-corrected chi connectivity index (χ0v) is 16.3. The summed E-state index contributed by atoms with van der Waals surface area (Å²) in [6.45, 7) is 4.47. The largest absolute Gasteiger partial charge is 0.316 e. The molecule has 21 heavy (non-hydrogen) atoms. The van der Waals surface area contributed by atoms with Gasteiger partial charge in [-0.05, 0) is 60.3 Å². The fourth-order valence-corrected chi connectivity index (χ4v) is 5.23. The van der Waals surface area contributed by atoms with Gasteiger partial charge in [0.2, 0.25) is 10.0 Å². The van der Waals surface area contributed by atoms with E-state index in [0.29, 0.717) is 15.9 Å². The first-order valence-electron chi connectivity index (χ1n) is 6.66. The fourth-order valence-electron chi connectivity index (χ4n) is 2.04. The number of hydrogen-bond donors (Lipinski definition) is 1. The molecular formula is C14H23BrN2O2S2. The molecule has 0 aromatic heterocycles. The molecular weight excluding hydrogens is 372 g/mol. The normalized spacial score (nSPS) is 13.7. The summed E-state index contributed by atoms with van der Waals surface area (Å²) in [6.07, 6.45) is 1.98. The zero-order valence-electron chi connectivity index (χ0n) is 13.1. The van der Waals surface area contributed by atoms with Crippen LogP contribution in [0.25, 0.3) is 0 Å². The van der Waals surface area contributed by atoms with E-state index in [1.165, 1.54) is 4.31 Å². The summed E-state index contributed by atoms with van der Waals surface area (Å²) in [5.41, 5.74) is 1.88. The number of sulfonamides is 1. The van der Waals surface area contributed by atoms with Crippen LogP contribution in [0, 0.1) is 6.92 Å². The average molecular weight is 395 g/mol. The molecule has 0 fully saturated rings. The Bertz CT molecular complexity index is 591. The van der Waals surface area contributed by atoms with Crippen molar-refractivity contribution in [2.75, 3.05) is 26.1 Å². The van der Waals surface area contributed by atoms with E-state index in [2.05, 4.69) is 21.2 Å². The summed E-state index contributed by atoms with van der Waals surface area (Å²) in [5, 5.41) is 3.05. The Balaban J connectivity index is 3.30. The Morgan fingerprint density at radius 2 is 2.05 bits per heavy atom. The van der Waals surface area contributed by atoms with Crippen molar-refractivity contribution in [2.45, 2.75) is 31.3 Å². The van der Waals surface area contributed by atoms with Crippen molar-refractivity contribution in [3.63, 3.8) is 0 Å². The van der Waals surface area contributed by atoms with E-state index in [1.807, 2.05) is 33.2 Å². The summed E-state index contributed by atoms with van der Waals surface area (Å²) in [6, 6.07) is 3.68. The molecule has 4 nitrogen and oxygen atoms in total. The molecule has 0 aliphatic rings. The van der Waals surface area contributed by atoms with E-state index in [0.717, 1.165) is 16.9 Å². The standard InChI is InChI=1S/C14H23BrN2O2S2/c1-10-6-12(8-16-3)7-13(14(10)15)21(18,19)17(4)11(2)9-20-5/h6-7,11,16H,8-9H2,1-5H3. The van der Waals surface area contributed by atoms with Gasteiger partial charge in [-0.25, -0.2) is 8.42 Å². The third-order valence-corrected chi connectivity index (χ3v) is 7.47. The Morgan fingerprint density at radius 1 is 1.43 bits per heavy atom. The molecule has 120 valence electrons. The first-order valence-corrected chi connectivity index (χ1v) is 10.3. The van der Waals surface area contributed by atoms with Gasteiger partial charge in [-0.1, -0.05) is 6.07 Å². The molecule has 0 radical (unpaired) electrons. The molecule has 1 atom stereocenters. The van der Waals surface area contributed by atoms with E-state index in [1.54, 1.807) is 24.9 Å². The number of hydrogen-bond acceptors (Lipinski definition) is 4. The van der Waals surface area contributed by atoms with Crippen LogP contribution >= 0.6 is 27.7 Å². The van der Waals surface area contributed by atoms with Gasteiger partial charge in [-0.3, -0.25) is 0 Å². The molecule has 1 rings (SSSR count). The van der Waals surface area contributed by atoms with Crippen LogP contribution in [0.15, 0.2) is 21.5 Å². The topological polar surface area (TPSA) is 49.4 Å². The molecule has 1 N–H and O–H groups in total. The molecule has 0 bridgehead atoms. The van der Waals surface area contributed by atoms with Gasteiger partial charge in [0.1, 0.15) is 0 Å². The van der Waals surface area contributed by atoms with E-state index in [-0.39, 0.29) is 6.04 Å². The maximum absolute atomic E-state index is 12.8. The summed E-state index contributed by atoms with van der Waals surface area (Å²) in [4.78, 5) is 0.336. The Labute approximate surface area is 140 Å². The molecule has 0 heterocycles. The molecule has 0 aliphatic carbocycles. The van der Waals surface area contributed by atoms with Crippen LogP contribution in [0.1, 0.15) is 18.1 Å². The molecule has 7 heteroatoms. The Kier molecular flexibility index (Phi) is 7.19. The molecule has 0 aliphatic heterocycles. The maximum Gasteiger partial charge on any atom is 0.244 e. The number of benzene rings is 1. The molecule has 1 aromatic carbocycles. The van der Waals surface area contributed by atoms with E-state index < -0.39 is 10.0 Å². The van der Waals surface area contributed by atoms with E-state index in [9.17, 15) is 8.42 Å². The van der Waals surface area contributed by atoms with Gasteiger partial charge in [-0.15, -0.1) is 0 Å². The number of rotatable bonds is 7. The van der Waals surface area contributed by atoms with Gasteiger partial charge >= 0.3 is 0 Å². The minimum atomic E-state index is -3.51. The van der Waals surface area contributed by atoms with Crippen molar-refractivity contribution in [2.24, 2.45) is 0 Å². The molecule has 0 saturated carbocycles. The monoisotopic (exact) mass is 394 g/mol. The fraction of sp³-hybridized carbons (Fsp3) is 0.571. The first-order chi connectivity index (χ1) is 9.75. The lowest BCUT2D eigenvalue weighted by Crippen LogP contribution is -2.36. The highest BCUT2D eigenvalue weighted by atomic mass is 79.9. The lowest BCUT2D eigenvalue weighted by atomic mass is 10.1. The molecule has 1 unspecified atom stereocenters. The van der Waals surface area contributed by atoms with Crippen molar-refractivity contribution in [3.05, 3.63) is 27.7 Å². The Hall–Kier alpha value is -0.0800. The van der Waals surface area contributed by atoms with Gasteiger partial charge < -0.3 is 5.32 Å². The molecule has 1 aromatic rings. The highest BCUT2D eigenvalue weighted by Gasteiger charge is 2.28. The quantitative estimate of drug-likeness (QED) is 0.772. The second-order valence-corrected chi connectivity index (χ2v) is 8.75. The number of aryl methyl sites for hydroxylation is 1. The molecule has 0 saturated heterocycles. The molecule has 0 amide bonds. The van der Waals surface area contributed by atoms with Gasteiger partial charge in [0.25, 0.3) is 0 Å². The summed E-state index contributed by atoms with van der Waals surface area (Å²) in [5.74, 6) is 0.766. The lowest BCUT2D eigenvalue weighted by molar-refractivity contribution is 0.414. The third kappa shape index (κ3) is 4.45. The van der Waals surface area contributed by atoms with Crippen LogP contribution in [-0.2, 0) is 16.6 Å². The van der Waals surface area contributed by atoms with Crippen molar-refractivity contribution in [3.8, 4) is 0 Å². The van der Waals surface area contributed by atoms with E-state index in [4.69, 9.17) is 0 Å².